The quantitative estimate of drug-likeness (QED) is 0.731. The summed E-state index contributed by atoms with van der Waals surface area (Å²) in [6.45, 7) is 3.33. The zero-order valence-electron chi connectivity index (χ0n) is 15.2. The Morgan fingerprint density at radius 1 is 1.00 bits per heavy atom. The summed E-state index contributed by atoms with van der Waals surface area (Å²) in [7, 11) is 0. The van der Waals surface area contributed by atoms with Crippen molar-refractivity contribution in [1.29, 1.82) is 0 Å². The predicted molar refractivity (Wildman–Crippen MR) is 99.3 cm³/mol. The highest BCUT2D eigenvalue weighted by molar-refractivity contribution is 5.97. The number of imide groups is 1. The van der Waals surface area contributed by atoms with Crippen LogP contribution in [0.15, 0.2) is 54.6 Å². The third kappa shape index (κ3) is 7.19. The van der Waals surface area contributed by atoms with Crippen LogP contribution in [0.3, 0.4) is 0 Å². The van der Waals surface area contributed by atoms with Crippen molar-refractivity contribution in [3.8, 4) is 5.75 Å². The molecule has 0 fully saturated rings. The van der Waals surface area contributed by atoms with Gasteiger partial charge in [-0.2, -0.15) is 0 Å². The number of hydrogen-bond donors (Lipinski definition) is 2. The fourth-order valence-corrected chi connectivity index (χ4v) is 2.13. The van der Waals surface area contributed by atoms with Gasteiger partial charge < -0.3 is 14.8 Å². The van der Waals surface area contributed by atoms with Gasteiger partial charge in [0.25, 0.3) is 5.91 Å². The van der Waals surface area contributed by atoms with Crippen LogP contribution in [-0.4, -0.2) is 30.6 Å². The van der Waals surface area contributed by atoms with Gasteiger partial charge >= 0.3 is 12.0 Å². The third-order valence-electron chi connectivity index (χ3n) is 3.33. The topological polar surface area (TPSA) is 93.7 Å². The number of amides is 3. The van der Waals surface area contributed by atoms with E-state index < -0.39 is 24.5 Å². The average molecular weight is 370 g/mol. The fourth-order valence-electron chi connectivity index (χ4n) is 2.13. The van der Waals surface area contributed by atoms with Gasteiger partial charge in [0.05, 0.1) is 5.56 Å². The van der Waals surface area contributed by atoms with Gasteiger partial charge in [-0.1, -0.05) is 36.4 Å². The molecule has 7 heteroatoms. The molecule has 0 saturated heterocycles. The molecule has 0 aliphatic rings. The lowest BCUT2D eigenvalue weighted by atomic mass is 10.2. The molecular formula is C20H22N2O5. The van der Waals surface area contributed by atoms with Gasteiger partial charge in [-0.15, -0.1) is 0 Å². The van der Waals surface area contributed by atoms with Crippen LogP contribution in [0.2, 0.25) is 0 Å². The molecule has 7 nitrogen and oxygen atoms in total. The Bertz CT molecular complexity index is 790. The van der Waals surface area contributed by atoms with E-state index in [-0.39, 0.29) is 11.6 Å². The first-order valence-corrected chi connectivity index (χ1v) is 8.48. The minimum Gasteiger partial charge on any atom is -0.489 e. The summed E-state index contributed by atoms with van der Waals surface area (Å²) in [5.74, 6) is -0.883. The number of benzene rings is 2. The Labute approximate surface area is 157 Å². The monoisotopic (exact) mass is 370 g/mol. The highest BCUT2D eigenvalue weighted by atomic mass is 16.5. The number of nitrogens with one attached hydrogen (secondary N) is 2. The Morgan fingerprint density at radius 3 is 2.44 bits per heavy atom. The van der Waals surface area contributed by atoms with Crippen LogP contribution in [0.4, 0.5) is 4.79 Å². The van der Waals surface area contributed by atoms with E-state index in [1.165, 1.54) is 6.07 Å². The van der Waals surface area contributed by atoms with E-state index in [0.717, 1.165) is 5.56 Å². The molecule has 2 rings (SSSR count). The van der Waals surface area contributed by atoms with Gasteiger partial charge in [0.1, 0.15) is 12.4 Å². The van der Waals surface area contributed by atoms with Gasteiger partial charge in [0.15, 0.2) is 6.61 Å². The number of ether oxygens (including phenoxy) is 2. The van der Waals surface area contributed by atoms with Crippen LogP contribution >= 0.6 is 0 Å². The van der Waals surface area contributed by atoms with Gasteiger partial charge in [-0.25, -0.2) is 9.59 Å². The molecule has 2 aromatic rings. The number of carbonyl (C=O) groups is 3. The Morgan fingerprint density at radius 2 is 1.74 bits per heavy atom. The lowest BCUT2D eigenvalue weighted by molar-refractivity contribution is -0.123. The Balaban J connectivity index is 1.84. The van der Waals surface area contributed by atoms with E-state index in [1.807, 2.05) is 30.3 Å². The van der Waals surface area contributed by atoms with E-state index >= 15 is 0 Å². The van der Waals surface area contributed by atoms with Gasteiger partial charge in [-0.3, -0.25) is 10.1 Å². The molecule has 0 radical (unpaired) electrons. The zero-order valence-corrected chi connectivity index (χ0v) is 15.2. The second-order valence-corrected chi connectivity index (χ2v) is 6.05. The normalized spacial score (nSPS) is 10.2. The molecule has 142 valence electrons. The maximum atomic E-state index is 12.1. The van der Waals surface area contributed by atoms with Gasteiger partial charge in [-0.05, 0) is 37.6 Å². The first-order valence-electron chi connectivity index (χ1n) is 8.48. The highest BCUT2D eigenvalue weighted by Gasteiger charge is 2.13. The molecule has 0 bridgehead atoms. The first-order chi connectivity index (χ1) is 12.9. The van der Waals surface area contributed by atoms with Crippen LogP contribution in [0.25, 0.3) is 0 Å². The van der Waals surface area contributed by atoms with Crippen LogP contribution in [-0.2, 0) is 16.1 Å². The van der Waals surface area contributed by atoms with E-state index in [1.54, 1.807) is 32.0 Å². The Hall–Kier alpha value is -3.35. The van der Waals surface area contributed by atoms with E-state index in [9.17, 15) is 14.4 Å². The minimum absolute atomic E-state index is 0.112. The molecule has 0 aliphatic carbocycles. The largest absolute Gasteiger partial charge is 0.489 e. The molecule has 2 aromatic carbocycles. The molecule has 0 aliphatic heterocycles. The molecule has 0 unspecified atom stereocenters. The van der Waals surface area contributed by atoms with E-state index in [2.05, 4.69) is 10.6 Å². The van der Waals surface area contributed by atoms with Crippen LogP contribution in [0, 0.1) is 0 Å². The number of carbonyl (C=O) groups excluding carboxylic acids is 3. The third-order valence-corrected chi connectivity index (χ3v) is 3.33. The second kappa shape index (κ2) is 9.96. The van der Waals surface area contributed by atoms with Crippen molar-refractivity contribution in [2.45, 2.75) is 26.5 Å². The number of esters is 1. The second-order valence-electron chi connectivity index (χ2n) is 6.05. The van der Waals surface area contributed by atoms with Gasteiger partial charge in [0.2, 0.25) is 0 Å². The summed E-state index contributed by atoms with van der Waals surface area (Å²) in [5.41, 5.74) is 1.25. The number of urea groups is 1. The van der Waals surface area contributed by atoms with Crippen LogP contribution in [0.5, 0.6) is 5.75 Å². The van der Waals surface area contributed by atoms with Gasteiger partial charge in [0, 0.05) is 6.04 Å². The van der Waals surface area contributed by atoms with Crippen LogP contribution in [0.1, 0.15) is 29.8 Å². The number of rotatable bonds is 7. The maximum absolute atomic E-state index is 12.1. The summed E-state index contributed by atoms with van der Waals surface area (Å²) in [4.78, 5) is 35.1. The first kappa shape index (κ1) is 20.0. The molecule has 27 heavy (non-hydrogen) atoms. The van der Waals surface area contributed by atoms with Crippen molar-refractivity contribution in [1.82, 2.24) is 10.6 Å². The van der Waals surface area contributed by atoms with Crippen molar-refractivity contribution in [3.63, 3.8) is 0 Å². The predicted octanol–water partition coefficient (Wildman–Crippen LogP) is 2.66. The summed E-state index contributed by atoms with van der Waals surface area (Å²) >= 11 is 0. The van der Waals surface area contributed by atoms with Crippen molar-refractivity contribution in [2.75, 3.05) is 6.61 Å². The lowest BCUT2D eigenvalue weighted by Gasteiger charge is -2.10. The summed E-state index contributed by atoms with van der Waals surface area (Å²) in [5, 5.41) is 4.58. The fraction of sp³-hybridized carbons (Fsp3) is 0.250. The molecule has 0 spiro atoms. The molecule has 0 atom stereocenters. The number of hydrogen-bond acceptors (Lipinski definition) is 5. The SMILES string of the molecule is CC(C)NC(=O)NC(=O)COC(=O)c1cccc(OCc2ccccc2)c1. The standard InChI is InChI=1S/C20H22N2O5/c1-14(2)21-20(25)22-18(23)13-27-19(24)16-9-6-10-17(11-16)26-12-15-7-4-3-5-8-15/h3-11,14H,12-13H2,1-2H3,(H2,21,22,23,25). The molecule has 0 heterocycles. The van der Waals surface area contributed by atoms with Crippen molar-refractivity contribution in [2.24, 2.45) is 0 Å². The minimum atomic E-state index is -0.710. The Kier molecular flexibility index (Phi) is 7.37. The van der Waals surface area contributed by atoms with E-state index in [0.29, 0.717) is 12.4 Å². The molecule has 0 saturated carbocycles. The van der Waals surface area contributed by atoms with Crippen molar-refractivity contribution < 1.29 is 23.9 Å². The summed E-state index contributed by atoms with van der Waals surface area (Å²) in [6, 6.07) is 15.4. The average Bonchev–Trinajstić information content (AvgIpc) is 2.65. The van der Waals surface area contributed by atoms with E-state index in [4.69, 9.17) is 9.47 Å². The summed E-state index contributed by atoms with van der Waals surface area (Å²) in [6.07, 6.45) is 0. The molecule has 2 N–H and O–H groups in total. The molecule has 0 aromatic heterocycles. The van der Waals surface area contributed by atoms with Crippen LogP contribution < -0.4 is 15.4 Å². The highest BCUT2D eigenvalue weighted by Crippen LogP contribution is 2.16. The smallest absolute Gasteiger partial charge is 0.338 e. The zero-order chi connectivity index (χ0) is 19.6. The van der Waals surface area contributed by atoms with Crippen molar-refractivity contribution in [3.05, 3.63) is 65.7 Å². The maximum Gasteiger partial charge on any atom is 0.338 e. The summed E-state index contributed by atoms with van der Waals surface area (Å²) < 4.78 is 10.6. The molecular weight excluding hydrogens is 348 g/mol. The molecule has 3 amide bonds. The lowest BCUT2D eigenvalue weighted by Crippen LogP contribution is -2.44. The van der Waals surface area contributed by atoms with Crippen molar-refractivity contribution >= 4 is 17.9 Å².